The number of halogens is 1. The lowest BCUT2D eigenvalue weighted by molar-refractivity contribution is -0.113. The first-order chi connectivity index (χ1) is 19.5. The molecule has 6 aromatic rings. The van der Waals surface area contributed by atoms with Crippen molar-refractivity contribution in [2.45, 2.75) is 21.7 Å². The van der Waals surface area contributed by atoms with E-state index >= 15 is 0 Å². The van der Waals surface area contributed by atoms with E-state index in [9.17, 15) is 4.79 Å². The number of nitrogens with zero attached hydrogens (tertiary/aromatic N) is 4. The summed E-state index contributed by atoms with van der Waals surface area (Å²) in [5.74, 6) is 1.88. The molecule has 0 unspecified atom stereocenters. The highest BCUT2D eigenvalue weighted by atomic mass is 79.9. The van der Waals surface area contributed by atoms with E-state index in [2.05, 4.69) is 92.1 Å². The molecular weight excluding hydrogens is 622 g/mol. The quantitative estimate of drug-likeness (QED) is 0.161. The molecule has 0 radical (unpaired) electrons. The number of amides is 1. The number of thioether (sulfide) groups is 2. The van der Waals surface area contributed by atoms with Crippen molar-refractivity contribution in [3.05, 3.63) is 106 Å². The predicted molar refractivity (Wildman–Crippen MR) is 170 cm³/mol. The van der Waals surface area contributed by atoms with Crippen LogP contribution in [0.4, 0.5) is 5.69 Å². The minimum absolute atomic E-state index is 0.0858. The van der Waals surface area contributed by atoms with Crippen molar-refractivity contribution in [1.82, 2.24) is 19.7 Å². The largest absolute Gasteiger partial charge is 0.325 e. The molecule has 0 aliphatic carbocycles. The Morgan fingerprint density at radius 2 is 1.80 bits per heavy atom. The van der Waals surface area contributed by atoms with Crippen molar-refractivity contribution in [2.24, 2.45) is 7.05 Å². The van der Waals surface area contributed by atoms with E-state index in [4.69, 9.17) is 4.98 Å². The Balaban J connectivity index is 1.05. The topological polar surface area (TPSA) is 72.7 Å². The number of anilines is 1. The van der Waals surface area contributed by atoms with Gasteiger partial charge in [0, 0.05) is 29.4 Å². The number of fused-ring (bicyclic) bond motifs is 2. The lowest BCUT2D eigenvalue weighted by Crippen LogP contribution is -2.14. The minimum Gasteiger partial charge on any atom is -0.325 e. The summed E-state index contributed by atoms with van der Waals surface area (Å²) in [5.41, 5.74) is 4.16. The SMILES string of the molecule is Cn1c(Cc2cccc3ccccc23)nnc1SCC(=O)Nc1ccc2nc(SCc3ccc(Br)cc3)sc2c1. The Morgan fingerprint density at radius 1 is 0.975 bits per heavy atom. The van der Waals surface area contributed by atoms with Gasteiger partial charge in [0.25, 0.3) is 0 Å². The molecule has 10 heteroatoms. The maximum absolute atomic E-state index is 12.8. The van der Waals surface area contributed by atoms with Crippen LogP contribution >= 0.6 is 50.8 Å². The van der Waals surface area contributed by atoms with Gasteiger partial charge in [-0.1, -0.05) is 94.1 Å². The number of hydrogen-bond acceptors (Lipinski definition) is 7. The zero-order valence-corrected chi connectivity index (χ0v) is 25.5. The van der Waals surface area contributed by atoms with Crippen molar-refractivity contribution in [3.8, 4) is 0 Å². The molecule has 2 heterocycles. The molecular formula is C30H24BrN5OS3. The first-order valence-electron chi connectivity index (χ1n) is 12.6. The van der Waals surface area contributed by atoms with Crippen LogP contribution in [-0.2, 0) is 24.0 Å². The zero-order valence-electron chi connectivity index (χ0n) is 21.5. The van der Waals surface area contributed by atoms with E-state index < -0.39 is 0 Å². The highest BCUT2D eigenvalue weighted by molar-refractivity contribution is 9.10. The molecule has 6 rings (SSSR count). The molecule has 200 valence electrons. The minimum atomic E-state index is -0.0858. The van der Waals surface area contributed by atoms with Gasteiger partial charge in [-0.05, 0) is 52.2 Å². The third kappa shape index (κ3) is 6.25. The standard InChI is InChI=1S/C30H24BrN5OS3/c1-36-27(15-21-7-4-6-20-5-2-3-8-24(20)21)34-35-29(36)38-18-28(37)32-23-13-14-25-26(16-23)40-30(33-25)39-17-19-9-11-22(31)12-10-19/h2-14,16H,15,17-18H2,1H3,(H,32,37). The van der Waals surface area contributed by atoms with Crippen molar-refractivity contribution >= 4 is 83.4 Å². The number of thiazole rings is 1. The fraction of sp³-hybridized carbons (Fsp3) is 0.133. The van der Waals surface area contributed by atoms with Gasteiger partial charge in [0.1, 0.15) is 5.82 Å². The summed E-state index contributed by atoms with van der Waals surface area (Å²) in [4.78, 5) is 17.5. The van der Waals surface area contributed by atoms with E-state index in [1.807, 2.05) is 35.9 Å². The number of nitrogens with one attached hydrogen (secondary N) is 1. The molecule has 0 atom stereocenters. The van der Waals surface area contributed by atoms with Crippen LogP contribution in [0.5, 0.6) is 0 Å². The van der Waals surface area contributed by atoms with Gasteiger partial charge in [-0.3, -0.25) is 4.79 Å². The summed E-state index contributed by atoms with van der Waals surface area (Å²) >= 11 is 8.22. The Bertz CT molecular complexity index is 1810. The van der Waals surface area contributed by atoms with Gasteiger partial charge in [-0.2, -0.15) is 0 Å². The second kappa shape index (κ2) is 12.1. The molecule has 6 nitrogen and oxygen atoms in total. The molecule has 40 heavy (non-hydrogen) atoms. The number of carbonyl (C=O) groups excluding carboxylic acids is 1. The number of hydrogen-bond donors (Lipinski definition) is 1. The molecule has 0 aliphatic heterocycles. The monoisotopic (exact) mass is 645 g/mol. The highest BCUT2D eigenvalue weighted by Gasteiger charge is 2.14. The third-order valence-electron chi connectivity index (χ3n) is 6.41. The van der Waals surface area contributed by atoms with Crippen LogP contribution in [0.25, 0.3) is 21.0 Å². The molecule has 0 fully saturated rings. The fourth-order valence-electron chi connectivity index (χ4n) is 4.34. The normalized spacial score (nSPS) is 11.3. The molecule has 0 saturated carbocycles. The van der Waals surface area contributed by atoms with Gasteiger partial charge in [-0.25, -0.2) is 4.98 Å². The van der Waals surface area contributed by atoms with Crippen molar-refractivity contribution in [3.63, 3.8) is 0 Å². The number of carbonyl (C=O) groups is 1. The van der Waals surface area contributed by atoms with E-state index in [-0.39, 0.29) is 11.7 Å². The Labute approximate surface area is 252 Å². The zero-order chi connectivity index (χ0) is 27.5. The Hall–Kier alpha value is -3.18. The van der Waals surface area contributed by atoms with Crippen LogP contribution in [0.15, 0.2) is 98.9 Å². The van der Waals surface area contributed by atoms with Gasteiger partial charge < -0.3 is 9.88 Å². The van der Waals surface area contributed by atoms with Gasteiger partial charge >= 0.3 is 0 Å². The molecule has 2 aromatic heterocycles. The van der Waals surface area contributed by atoms with Crippen LogP contribution < -0.4 is 5.32 Å². The highest BCUT2D eigenvalue weighted by Crippen LogP contribution is 2.33. The number of rotatable bonds is 9. The summed E-state index contributed by atoms with van der Waals surface area (Å²) in [5, 5.41) is 14.9. The second-order valence-electron chi connectivity index (χ2n) is 9.19. The van der Waals surface area contributed by atoms with Crippen molar-refractivity contribution in [2.75, 3.05) is 11.1 Å². The van der Waals surface area contributed by atoms with Crippen LogP contribution in [0.2, 0.25) is 0 Å². The molecule has 0 saturated heterocycles. The molecule has 0 aliphatic rings. The van der Waals surface area contributed by atoms with E-state index in [0.717, 1.165) is 41.5 Å². The molecule has 1 amide bonds. The Morgan fingerprint density at radius 3 is 2.67 bits per heavy atom. The van der Waals surface area contributed by atoms with Gasteiger partial charge in [0.05, 0.1) is 16.0 Å². The van der Waals surface area contributed by atoms with Gasteiger partial charge in [0.15, 0.2) is 9.50 Å². The van der Waals surface area contributed by atoms with Gasteiger partial charge in [0.2, 0.25) is 5.91 Å². The average molecular weight is 647 g/mol. The summed E-state index contributed by atoms with van der Waals surface area (Å²) in [6, 6.07) is 28.8. The number of benzene rings is 4. The maximum atomic E-state index is 12.8. The summed E-state index contributed by atoms with van der Waals surface area (Å²) in [6.07, 6.45) is 0.676. The van der Waals surface area contributed by atoms with Crippen LogP contribution in [0, 0.1) is 0 Å². The lowest BCUT2D eigenvalue weighted by atomic mass is 10.0. The molecule has 4 aromatic carbocycles. The molecule has 0 spiro atoms. The lowest BCUT2D eigenvalue weighted by Gasteiger charge is -2.07. The van der Waals surface area contributed by atoms with Crippen molar-refractivity contribution in [1.29, 1.82) is 0 Å². The van der Waals surface area contributed by atoms with Crippen LogP contribution in [0.3, 0.4) is 0 Å². The van der Waals surface area contributed by atoms with Gasteiger partial charge in [-0.15, -0.1) is 21.5 Å². The third-order valence-corrected chi connectivity index (χ3v) is 10.2. The van der Waals surface area contributed by atoms with E-state index in [1.54, 1.807) is 23.1 Å². The first-order valence-corrected chi connectivity index (χ1v) is 16.2. The second-order valence-corrected chi connectivity index (χ2v) is 13.3. The summed E-state index contributed by atoms with van der Waals surface area (Å²) in [6.45, 7) is 0. The average Bonchev–Trinajstić information content (AvgIpc) is 3.54. The van der Waals surface area contributed by atoms with E-state index in [0.29, 0.717) is 6.42 Å². The molecule has 1 N–H and O–H groups in total. The molecule has 0 bridgehead atoms. The maximum Gasteiger partial charge on any atom is 0.234 e. The van der Waals surface area contributed by atoms with Crippen molar-refractivity contribution < 1.29 is 4.79 Å². The van der Waals surface area contributed by atoms with E-state index in [1.165, 1.54) is 33.7 Å². The summed E-state index contributed by atoms with van der Waals surface area (Å²) in [7, 11) is 1.95. The fourth-order valence-corrected chi connectivity index (χ4v) is 7.40. The smallest absolute Gasteiger partial charge is 0.234 e. The van der Waals surface area contributed by atoms with Crippen LogP contribution in [-0.4, -0.2) is 31.4 Å². The van der Waals surface area contributed by atoms with Crippen LogP contribution in [0.1, 0.15) is 17.0 Å². The number of aromatic nitrogens is 4. The summed E-state index contributed by atoms with van der Waals surface area (Å²) < 4.78 is 5.11. The first kappa shape index (κ1) is 27.0. The Kier molecular flexibility index (Phi) is 8.20. The predicted octanol–water partition coefficient (Wildman–Crippen LogP) is 7.95.